The van der Waals surface area contributed by atoms with Crippen molar-refractivity contribution >= 4 is 11.8 Å². The van der Waals surface area contributed by atoms with Gasteiger partial charge in [-0.1, -0.05) is 27.7 Å². The van der Waals surface area contributed by atoms with E-state index in [4.69, 9.17) is 5.11 Å². The highest BCUT2D eigenvalue weighted by Crippen LogP contribution is 2.25. The molecule has 0 bridgehead atoms. The largest absolute Gasteiger partial charge is 0.476 e. The zero-order valence-corrected chi connectivity index (χ0v) is 10.7. The molecular weight excluding hydrogens is 218 g/mol. The number of carboxylic acids is 1. The Morgan fingerprint density at radius 1 is 1.41 bits per heavy atom. The van der Waals surface area contributed by atoms with Crippen molar-refractivity contribution in [3.8, 4) is 0 Å². The van der Waals surface area contributed by atoms with Crippen molar-refractivity contribution < 1.29 is 9.90 Å². The molecule has 1 aromatic heterocycles. The monoisotopic (exact) mass is 237 g/mol. The maximum atomic E-state index is 10.6. The van der Waals surface area contributed by atoms with E-state index in [-0.39, 0.29) is 11.1 Å². The molecule has 0 saturated heterocycles. The van der Waals surface area contributed by atoms with Crippen LogP contribution in [-0.4, -0.2) is 27.6 Å². The van der Waals surface area contributed by atoms with Gasteiger partial charge in [-0.2, -0.15) is 0 Å². The number of nitrogens with one attached hydrogen (secondary N) is 1. The molecule has 1 rings (SSSR count). The first-order chi connectivity index (χ1) is 7.80. The minimum Gasteiger partial charge on any atom is -0.476 e. The number of hydrogen-bond donors (Lipinski definition) is 2. The lowest BCUT2D eigenvalue weighted by Gasteiger charge is -2.27. The third kappa shape index (κ3) is 4.01. The summed E-state index contributed by atoms with van der Waals surface area (Å²) in [6.07, 6.45) is 2.70. The van der Waals surface area contributed by atoms with Crippen LogP contribution in [0.2, 0.25) is 0 Å². The van der Waals surface area contributed by atoms with Gasteiger partial charge in [0.1, 0.15) is 5.82 Å². The van der Waals surface area contributed by atoms with Gasteiger partial charge < -0.3 is 10.4 Å². The maximum Gasteiger partial charge on any atom is 0.356 e. The molecule has 94 valence electrons. The van der Waals surface area contributed by atoms with Crippen LogP contribution >= 0.6 is 0 Å². The van der Waals surface area contributed by atoms with Gasteiger partial charge in [0.05, 0.1) is 12.4 Å². The zero-order chi connectivity index (χ0) is 13.1. The predicted octanol–water partition coefficient (Wildman–Crippen LogP) is 2.27. The second-order valence-electron chi connectivity index (χ2n) is 5.24. The number of anilines is 1. The highest BCUT2D eigenvalue weighted by Gasteiger charge is 2.19. The molecule has 1 aromatic rings. The quantitative estimate of drug-likeness (QED) is 0.840. The number of aromatic nitrogens is 2. The van der Waals surface area contributed by atoms with E-state index in [1.165, 1.54) is 12.4 Å². The van der Waals surface area contributed by atoms with Crippen molar-refractivity contribution in [3.05, 3.63) is 18.1 Å². The summed E-state index contributed by atoms with van der Waals surface area (Å²) in [4.78, 5) is 18.4. The van der Waals surface area contributed by atoms with Crippen LogP contribution in [0.5, 0.6) is 0 Å². The van der Waals surface area contributed by atoms with Gasteiger partial charge in [-0.15, -0.1) is 0 Å². The van der Waals surface area contributed by atoms with E-state index < -0.39 is 5.97 Å². The molecule has 0 aliphatic rings. The number of carbonyl (C=O) groups is 1. The van der Waals surface area contributed by atoms with Gasteiger partial charge in [-0.25, -0.2) is 14.8 Å². The summed E-state index contributed by atoms with van der Waals surface area (Å²) in [5.41, 5.74) is 0.181. The second-order valence-corrected chi connectivity index (χ2v) is 5.24. The first-order valence-corrected chi connectivity index (χ1v) is 5.60. The third-order valence-corrected chi connectivity index (χ3v) is 2.94. The van der Waals surface area contributed by atoms with Crippen molar-refractivity contribution in [1.82, 2.24) is 9.97 Å². The predicted molar refractivity (Wildman–Crippen MR) is 66.1 cm³/mol. The van der Waals surface area contributed by atoms with Gasteiger partial charge in [0, 0.05) is 6.54 Å². The van der Waals surface area contributed by atoms with Gasteiger partial charge in [-0.05, 0) is 11.3 Å². The highest BCUT2D eigenvalue weighted by molar-refractivity contribution is 5.84. The molecule has 0 aromatic carbocycles. The van der Waals surface area contributed by atoms with E-state index in [2.05, 4.69) is 43.0 Å². The first-order valence-electron chi connectivity index (χ1n) is 5.60. The van der Waals surface area contributed by atoms with Crippen LogP contribution in [0.1, 0.15) is 38.2 Å². The van der Waals surface area contributed by atoms with Gasteiger partial charge in [0.15, 0.2) is 5.69 Å². The summed E-state index contributed by atoms with van der Waals surface area (Å²) in [6, 6.07) is 0. The summed E-state index contributed by atoms with van der Waals surface area (Å²) >= 11 is 0. The Balaban J connectivity index is 2.56. The van der Waals surface area contributed by atoms with Crippen LogP contribution in [-0.2, 0) is 0 Å². The molecule has 1 unspecified atom stereocenters. The average molecular weight is 237 g/mol. The highest BCUT2D eigenvalue weighted by atomic mass is 16.4. The van der Waals surface area contributed by atoms with Crippen LogP contribution in [0.3, 0.4) is 0 Å². The molecule has 5 heteroatoms. The number of hydrogen-bond acceptors (Lipinski definition) is 4. The molecule has 0 spiro atoms. The van der Waals surface area contributed by atoms with Gasteiger partial charge in [0.2, 0.25) is 0 Å². The van der Waals surface area contributed by atoms with Crippen molar-refractivity contribution in [2.24, 2.45) is 11.3 Å². The fraction of sp³-hybridized carbons (Fsp3) is 0.583. The van der Waals surface area contributed by atoms with E-state index >= 15 is 0 Å². The Morgan fingerprint density at radius 2 is 2.06 bits per heavy atom. The van der Waals surface area contributed by atoms with Crippen molar-refractivity contribution in [2.75, 3.05) is 11.9 Å². The summed E-state index contributed by atoms with van der Waals surface area (Å²) < 4.78 is 0. The lowest BCUT2D eigenvalue weighted by molar-refractivity contribution is 0.0690. The number of carboxylic acid groups (broad SMARTS) is 1. The molecule has 0 amide bonds. The Kier molecular flexibility index (Phi) is 4.04. The van der Waals surface area contributed by atoms with E-state index in [1.807, 2.05) is 0 Å². The topological polar surface area (TPSA) is 75.1 Å². The minimum absolute atomic E-state index is 0.0422. The SMILES string of the molecule is CC(CNc1cnc(C(=O)O)cn1)C(C)(C)C. The van der Waals surface area contributed by atoms with Gasteiger partial charge in [0.25, 0.3) is 0 Å². The van der Waals surface area contributed by atoms with E-state index in [9.17, 15) is 4.79 Å². The van der Waals surface area contributed by atoms with E-state index in [1.54, 1.807) is 0 Å². The summed E-state index contributed by atoms with van der Waals surface area (Å²) in [6.45, 7) is 9.48. The third-order valence-electron chi connectivity index (χ3n) is 2.94. The standard InChI is InChI=1S/C12H19N3O2/c1-8(12(2,3)4)5-14-10-7-13-9(6-15-10)11(16)17/h6-8H,5H2,1-4H3,(H,14,15)(H,16,17). The molecular formula is C12H19N3O2. The van der Waals surface area contributed by atoms with Crippen molar-refractivity contribution in [1.29, 1.82) is 0 Å². The normalized spacial score (nSPS) is 13.2. The molecule has 0 fully saturated rings. The van der Waals surface area contributed by atoms with Crippen LogP contribution in [0.25, 0.3) is 0 Å². The Morgan fingerprint density at radius 3 is 2.47 bits per heavy atom. The molecule has 2 N–H and O–H groups in total. The molecule has 1 heterocycles. The second kappa shape index (κ2) is 5.12. The smallest absolute Gasteiger partial charge is 0.356 e. The van der Waals surface area contributed by atoms with Crippen molar-refractivity contribution in [3.63, 3.8) is 0 Å². The Labute approximate surface area is 101 Å². The summed E-state index contributed by atoms with van der Waals surface area (Å²) in [5.74, 6) is 0.0154. The number of nitrogens with zero attached hydrogens (tertiary/aromatic N) is 2. The fourth-order valence-electron chi connectivity index (χ4n) is 1.09. The number of rotatable bonds is 4. The average Bonchev–Trinajstić information content (AvgIpc) is 2.25. The molecule has 0 aliphatic heterocycles. The zero-order valence-electron chi connectivity index (χ0n) is 10.7. The maximum absolute atomic E-state index is 10.6. The van der Waals surface area contributed by atoms with E-state index in [0.29, 0.717) is 11.7 Å². The molecule has 0 radical (unpaired) electrons. The van der Waals surface area contributed by atoms with Crippen LogP contribution < -0.4 is 5.32 Å². The molecule has 0 aliphatic carbocycles. The lowest BCUT2D eigenvalue weighted by atomic mass is 9.82. The van der Waals surface area contributed by atoms with Crippen LogP contribution in [0.4, 0.5) is 5.82 Å². The molecule has 5 nitrogen and oxygen atoms in total. The molecule has 0 saturated carbocycles. The number of aromatic carboxylic acids is 1. The Bertz CT molecular complexity index is 382. The van der Waals surface area contributed by atoms with Gasteiger partial charge >= 0.3 is 5.97 Å². The fourth-order valence-corrected chi connectivity index (χ4v) is 1.09. The van der Waals surface area contributed by atoms with Crippen LogP contribution in [0, 0.1) is 11.3 Å². The minimum atomic E-state index is -1.06. The van der Waals surface area contributed by atoms with E-state index in [0.717, 1.165) is 6.54 Å². The van der Waals surface area contributed by atoms with Gasteiger partial charge in [-0.3, -0.25) is 0 Å². The summed E-state index contributed by atoms with van der Waals surface area (Å²) in [7, 11) is 0. The Hall–Kier alpha value is -1.65. The lowest BCUT2D eigenvalue weighted by Crippen LogP contribution is -2.25. The van der Waals surface area contributed by atoms with Crippen molar-refractivity contribution in [2.45, 2.75) is 27.7 Å². The molecule has 1 atom stereocenters. The summed E-state index contributed by atoms with van der Waals surface area (Å²) in [5, 5.41) is 11.8. The first kappa shape index (κ1) is 13.4. The molecule has 17 heavy (non-hydrogen) atoms. The van der Waals surface area contributed by atoms with Crippen LogP contribution in [0.15, 0.2) is 12.4 Å².